The highest BCUT2D eigenvalue weighted by Crippen LogP contribution is 2.16. The Balaban J connectivity index is 1.95. The molecule has 0 aliphatic carbocycles. The van der Waals surface area contributed by atoms with Gasteiger partial charge >= 0.3 is 0 Å². The topological polar surface area (TPSA) is 72.1 Å². The molecule has 0 spiro atoms. The number of hydrogen-bond donors (Lipinski definition) is 0. The highest BCUT2D eigenvalue weighted by atomic mass is 16.6. The third kappa shape index (κ3) is 2.03. The van der Waals surface area contributed by atoms with Gasteiger partial charge in [0, 0.05) is 18.8 Å². The summed E-state index contributed by atoms with van der Waals surface area (Å²) in [5.74, 6) is -0.141. The molecule has 0 saturated carbocycles. The van der Waals surface area contributed by atoms with Gasteiger partial charge in [0.05, 0.1) is 11.9 Å². The van der Waals surface area contributed by atoms with Gasteiger partial charge in [0.25, 0.3) is 5.91 Å². The Bertz CT molecular complexity index is 724. The predicted molar refractivity (Wildman–Crippen MR) is 68.8 cm³/mol. The first-order valence-electron chi connectivity index (χ1n) is 5.66. The first-order valence-corrected chi connectivity index (χ1v) is 5.66. The molecule has 6 nitrogen and oxygen atoms in total. The van der Waals surface area contributed by atoms with Crippen molar-refractivity contribution in [2.24, 2.45) is 0 Å². The van der Waals surface area contributed by atoms with Gasteiger partial charge in [-0.15, -0.1) is 0 Å². The summed E-state index contributed by atoms with van der Waals surface area (Å²) in [6.07, 6.45) is 3.29. The lowest BCUT2D eigenvalue weighted by molar-refractivity contribution is 0.0993. The molecule has 0 fully saturated rings. The zero-order chi connectivity index (χ0) is 13.2. The Kier molecular flexibility index (Phi) is 2.68. The van der Waals surface area contributed by atoms with Crippen molar-refractivity contribution >= 4 is 22.6 Å². The molecule has 0 aliphatic heterocycles. The Hall–Kier alpha value is -2.76. The minimum absolute atomic E-state index is 0.141. The largest absolute Gasteiger partial charge is 0.310 e. The summed E-state index contributed by atoms with van der Waals surface area (Å²) in [4.78, 5) is 17.9. The smallest absolute Gasteiger partial charge is 0.258 e. The summed E-state index contributed by atoms with van der Waals surface area (Å²) in [5.41, 5.74) is 2.44. The van der Waals surface area contributed by atoms with E-state index in [0.29, 0.717) is 16.6 Å². The standard InChI is InChI=1S/C13H10N4O2/c1-17(10-3-2-6-14-8-10)13(18)9-4-5-11-12(7-9)16-19-15-11/h2-8H,1H3. The third-order valence-corrected chi connectivity index (χ3v) is 2.84. The lowest BCUT2D eigenvalue weighted by atomic mass is 10.1. The Morgan fingerprint density at radius 1 is 1.21 bits per heavy atom. The maximum Gasteiger partial charge on any atom is 0.258 e. The molecule has 94 valence electrons. The molecular formula is C13H10N4O2. The molecule has 2 aromatic heterocycles. The Labute approximate surface area is 108 Å². The molecule has 0 aliphatic rings. The van der Waals surface area contributed by atoms with Crippen LogP contribution < -0.4 is 4.90 Å². The normalized spacial score (nSPS) is 10.6. The number of carbonyl (C=O) groups is 1. The highest BCUT2D eigenvalue weighted by molar-refractivity contribution is 6.07. The van der Waals surface area contributed by atoms with Crippen molar-refractivity contribution < 1.29 is 9.42 Å². The first kappa shape index (κ1) is 11.3. The van der Waals surface area contributed by atoms with Gasteiger partial charge in [0.15, 0.2) is 0 Å². The SMILES string of the molecule is CN(C(=O)c1ccc2nonc2c1)c1cccnc1. The molecule has 19 heavy (non-hydrogen) atoms. The van der Waals surface area contributed by atoms with E-state index in [9.17, 15) is 4.79 Å². The van der Waals surface area contributed by atoms with Crippen LogP contribution in [0.2, 0.25) is 0 Å². The first-order chi connectivity index (χ1) is 9.25. The number of aromatic nitrogens is 3. The summed E-state index contributed by atoms with van der Waals surface area (Å²) in [6, 6.07) is 8.66. The van der Waals surface area contributed by atoms with Crippen molar-refractivity contribution in [3.05, 3.63) is 48.3 Å². The van der Waals surface area contributed by atoms with E-state index >= 15 is 0 Å². The summed E-state index contributed by atoms with van der Waals surface area (Å²) in [7, 11) is 1.70. The second-order valence-electron chi connectivity index (χ2n) is 4.04. The van der Waals surface area contributed by atoms with Crippen LogP contribution in [0.15, 0.2) is 47.4 Å². The average Bonchev–Trinajstić information content (AvgIpc) is 2.94. The maximum absolute atomic E-state index is 12.3. The number of fused-ring (bicyclic) bond motifs is 1. The number of anilines is 1. The van der Waals surface area contributed by atoms with E-state index in [4.69, 9.17) is 0 Å². The zero-order valence-electron chi connectivity index (χ0n) is 10.1. The molecule has 6 heteroatoms. The van der Waals surface area contributed by atoms with Crippen LogP contribution in [0.5, 0.6) is 0 Å². The summed E-state index contributed by atoms with van der Waals surface area (Å²) >= 11 is 0. The van der Waals surface area contributed by atoms with Gasteiger partial charge in [0.1, 0.15) is 11.0 Å². The number of rotatable bonds is 2. The summed E-state index contributed by atoms with van der Waals surface area (Å²) < 4.78 is 4.61. The van der Waals surface area contributed by atoms with Crippen molar-refractivity contribution in [3.8, 4) is 0 Å². The van der Waals surface area contributed by atoms with E-state index in [1.807, 2.05) is 6.07 Å². The van der Waals surface area contributed by atoms with Crippen LogP contribution in [0, 0.1) is 0 Å². The van der Waals surface area contributed by atoms with E-state index < -0.39 is 0 Å². The molecule has 3 aromatic rings. The number of amides is 1. The fourth-order valence-electron chi connectivity index (χ4n) is 1.78. The Morgan fingerprint density at radius 3 is 2.84 bits per heavy atom. The van der Waals surface area contributed by atoms with Gasteiger partial charge in [-0.1, -0.05) is 0 Å². The fraction of sp³-hybridized carbons (Fsp3) is 0.0769. The minimum atomic E-state index is -0.141. The van der Waals surface area contributed by atoms with Crippen LogP contribution in [0.25, 0.3) is 11.0 Å². The number of hydrogen-bond acceptors (Lipinski definition) is 5. The van der Waals surface area contributed by atoms with Crippen LogP contribution in [-0.2, 0) is 0 Å². The molecular weight excluding hydrogens is 244 g/mol. The minimum Gasteiger partial charge on any atom is -0.310 e. The number of nitrogens with zero attached hydrogens (tertiary/aromatic N) is 4. The van der Waals surface area contributed by atoms with Crippen LogP contribution in [0.1, 0.15) is 10.4 Å². The lowest BCUT2D eigenvalue weighted by Crippen LogP contribution is -2.26. The van der Waals surface area contributed by atoms with Crippen molar-refractivity contribution in [1.29, 1.82) is 0 Å². The van der Waals surface area contributed by atoms with Crippen LogP contribution in [0.3, 0.4) is 0 Å². The molecule has 0 bridgehead atoms. The summed E-state index contributed by atoms with van der Waals surface area (Å²) in [5, 5.41) is 7.43. The second-order valence-corrected chi connectivity index (χ2v) is 4.04. The van der Waals surface area contributed by atoms with Gasteiger partial charge in [-0.05, 0) is 40.6 Å². The van der Waals surface area contributed by atoms with Crippen LogP contribution >= 0.6 is 0 Å². The quantitative estimate of drug-likeness (QED) is 0.698. The molecule has 0 saturated heterocycles. The molecule has 0 radical (unpaired) electrons. The van der Waals surface area contributed by atoms with E-state index in [1.165, 1.54) is 4.90 Å². The number of pyridine rings is 1. The van der Waals surface area contributed by atoms with Crippen molar-refractivity contribution in [3.63, 3.8) is 0 Å². The van der Waals surface area contributed by atoms with E-state index in [-0.39, 0.29) is 5.91 Å². The number of benzene rings is 1. The molecule has 0 unspecified atom stereocenters. The zero-order valence-corrected chi connectivity index (χ0v) is 10.1. The summed E-state index contributed by atoms with van der Waals surface area (Å²) in [6.45, 7) is 0. The molecule has 3 rings (SSSR count). The maximum atomic E-state index is 12.3. The van der Waals surface area contributed by atoms with Gasteiger partial charge in [-0.25, -0.2) is 4.63 Å². The van der Waals surface area contributed by atoms with Gasteiger partial charge in [-0.3, -0.25) is 9.78 Å². The van der Waals surface area contributed by atoms with E-state index in [2.05, 4.69) is 19.9 Å². The second kappa shape index (κ2) is 4.49. The van der Waals surface area contributed by atoms with Crippen LogP contribution in [0.4, 0.5) is 5.69 Å². The molecule has 1 amide bonds. The predicted octanol–water partition coefficient (Wildman–Crippen LogP) is 1.89. The van der Waals surface area contributed by atoms with Gasteiger partial charge in [0.2, 0.25) is 0 Å². The molecule has 0 atom stereocenters. The van der Waals surface area contributed by atoms with Gasteiger partial charge < -0.3 is 4.90 Å². The monoisotopic (exact) mass is 254 g/mol. The fourth-order valence-corrected chi connectivity index (χ4v) is 1.78. The lowest BCUT2D eigenvalue weighted by Gasteiger charge is -2.16. The van der Waals surface area contributed by atoms with Crippen LogP contribution in [-0.4, -0.2) is 28.3 Å². The van der Waals surface area contributed by atoms with Gasteiger partial charge in [-0.2, -0.15) is 0 Å². The van der Waals surface area contributed by atoms with Crippen molar-refractivity contribution in [2.45, 2.75) is 0 Å². The molecule has 1 aromatic carbocycles. The Morgan fingerprint density at radius 2 is 2.05 bits per heavy atom. The van der Waals surface area contributed by atoms with Crippen molar-refractivity contribution in [1.82, 2.24) is 15.3 Å². The molecule has 2 heterocycles. The third-order valence-electron chi connectivity index (χ3n) is 2.84. The number of carbonyl (C=O) groups excluding carboxylic acids is 1. The molecule has 0 N–H and O–H groups in total. The average molecular weight is 254 g/mol. The van der Waals surface area contributed by atoms with Crippen molar-refractivity contribution in [2.75, 3.05) is 11.9 Å². The van der Waals surface area contributed by atoms with E-state index in [1.54, 1.807) is 43.7 Å². The van der Waals surface area contributed by atoms with E-state index in [0.717, 1.165) is 5.69 Å². The highest BCUT2D eigenvalue weighted by Gasteiger charge is 2.14.